The lowest BCUT2D eigenvalue weighted by atomic mass is 10.0. The second kappa shape index (κ2) is 6.88. The van der Waals surface area contributed by atoms with E-state index in [-0.39, 0.29) is 0 Å². The van der Waals surface area contributed by atoms with Gasteiger partial charge in [0.2, 0.25) is 5.16 Å². The minimum Gasteiger partial charge on any atom is -0.188 e. The zero-order valence-electron chi connectivity index (χ0n) is 11.6. The maximum atomic E-state index is 4.21. The van der Waals surface area contributed by atoms with Gasteiger partial charge >= 0.3 is 0 Å². The average molecular weight is 288 g/mol. The summed E-state index contributed by atoms with van der Waals surface area (Å²) in [6.45, 7) is 0. The minimum atomic E-state index is 0.656. The van der Waals surface area contributed by atoms with Crippen molar-refractivity contribution in [3.05, 3.63) is 30.3 Å². The molecule has 0 amide bonds. The van der Waals surface area contributed by atoms with Crippen LogP contribution in [-0.2, 0) is 0 Å². The van der Waals surface area contributed by atoms with Crippen molar-refractivity contribution in [3.63, 3.8) is 0 Å². The predicted molar refractivity (Wildman–Crippen MR) is 81.1 cm³/mol. The van der Waals surface area contributed by atoms with Crippen molar-refractivity contribution in [2.45, 2.75) is 55.4 Å². The van der Waals surface area contributed by atoms with E-state index in [0.717, 1.165) is 10.8 Å². The Kier molecular flexibility index (Phi) is 4.69. The zero-order valence-corrected chi connectivity index (χ0v) is 12.4. The molecule has 0 spiro atoms. The topological polar surface area (TPSA) is 43.6 Å². The van der Waals surface area contributed by atoms with Crippen molar-refractivity contribution < 1.29 is 0 Å². The summed E-state index contributed by atoms with van der Waals surface area (Å²) in [6.07, 6.45) is 9.40. The smallest absolute Gasteiger partial charge is 0.188 e. The summed E-state index contributed by atoms with van der Waals surface area (Å²) in [6, 6.07) is 10.1. The first-order chi connectivity index (χ1) is 9.93. The largest absolute Gasteiger partial charge is 0.214 e. The van der Waals surface area contributed by atoms with E-state index in [0.29, 0.717) is 5.25 Å². The van der Waals surface area contributed by atoms with E-state index in [1.54, 1.807) is 0 Å². The Morgan fingerprint density at radius 2 is 1.65 bits per heavy atom. The Morgan fingerprint density at radius 1 is 0.950 bits per heavy atom. The van der Waals surface area contributed by atoms with E-state index in [1.807, 2.05) is 46.8 Å². The number of nitrogens with zero attached hydrogens (tertiary/aromatic N) is 4. The van der Waals surface area contributed by atoms with Crippen LogP contribution in [0.2, 0.25) is 0 Å². The molecule has 1 aliphatic carbocycles. The van der Waals surface area contributed by atoms with Crippen molar-refractivity contribution >= 4 is 11.8 Å². The van der Waals surface area contributed by atoms with Gasteiger partial charge in [0.25, 0.3) is 0 Å². The van der Waals surface area contributed by atoms with Crippen LogP contribution in [0.5, 0.6) is 0 Å². The molecule has 1 aromatic carbocycles. The fraction of sp³-hybridized carbons (Fsp3) is 0.533. The molecule has 0 atom stereocenters. The summed E-state index contributed by atoms with van der Waals surface area (Å²) in [5, 5.41) is 13.8. The maximum absolute atomic E-state index is 4.21. The highest BCUT2D eigenvalue weighted by atomic mass is 32.2. The number of rotatable bonds is 3. The van der Waals surface area contributed by atoms with Crippen LogP contribution in [-0.4, -0.2) is 25.5 Å². The van der Waals surface area contributed by atoms with Gasteiger partial charge in [0.15, 0.2) is 0 Å². The Bertz CT molecular complexity index is 518. The molecule has 0 bridgehead atoms. The second-order valence-electron chi connectivity index (χ2n) is 5.29. The summed E-state index contributed by atoms with van der Waals surface area (Å²) < 4.78 is 1.85. The van der Waals surface area contributed by atoms with E-state index in [2.05, 4.69) is 15.5 Å². The van der Waals surface area contributed by atoms with Crippen LogP contribution in [0.4, 0.5) is 0 Å². The fourth-order valence-electron chi connectivity index (χ4n) is 2.67. The number of benzene rings is 1. The zero-order chi connectivity index (χ0) is 13.6. The fourth-order valence-corrected chi connectivity index (χ4v) is 3.86. The van der Waals surface area contributed by atoms with Crippen LogP contribution < -0.4 is 0 Å². The van der Waals surface area contributed by atoms with Gasteiger partial charge < -0.3 is 0 Å². The molecule has 1 fully saturated rings. The molecule has 1 saturated carbocycles. The first-order valence-corrected chi connectivity index (χ1v) is 8.32. The van der Waals surface area contributed by atoms with Crippen molar-refractivity contribution in [1.82, 2.24) is 20.2 Å². The highest BCUT2D eigenvalue weighted by Crippen LogP contribution is 2.31. The summed E-state index contributed by atoms with van der Waals surface area (Å²) in [4.78, 5) is 0. The molecule has 2 aromatic rings. The van der Waals surface area contributed by atoms with Gasteiger partial charge in [-0.25, -0.2) is 0 Å². The third-order valence-electron chi connectivity index (χ3n) is 3.77. The van der Waals surface area contributed by atoms with Crippen molar-refractivity contribution in [3.8, 4) is 5.69 Å². The molecule has 0 radical (unpaired) electrons. The van der Waals surface area contributed by atoms with Gasteiger partial charge in [0, 0.05) is 5.25 Å². The lowest BCUT2D eigenvalue weighted by Crippen LogP contribution is -2.08. The maximum Gasteiger partial charge on any atom is 0.214 e. The van der Waals surface area contributed by atoms with E-state index in [4.69, 9.17) is 0 Å². The first-order valence-electron chi connectivity index (χ1n) is 7.44. The molecule has 1 aromatic heterocycles. The predicted octanol–water partition coefficient (Wildman–Crippen LogP) is 3.87. The standard InChI is InChI=1S/C15H20N4S/c1-2-7-11-14(12-8-3-1)20-15-16-17-18-19(15)13-9-5-4-6-10-13/h4-6,9-10,14H,1-3,7-8,11-12H2. The van der Waals surface area contributed by atoms with Crippen LogP contribution in [0.15, 0.2) is 35.5 Å². The van der Waals surface area contributed by atoms with Crippen molar-refractivity contribution in [2.75, 3.05) is 0 Å². The number of hydrogen-bond acceptors (Lipinski definition) is 4. The van der Waals surface area contributed by atoms with Gasteiger partial charge in [-0.1, -0.05) is 62.1 Å². The third-order valence-corrected chi connectivity index (χ3v) is 5.04. The molecule has 1 aliphatic rings. The second-order valence-corrected chi connectivity index (χ2v) is 6.56. The molecular weight excluding hydrogens is 268 g/mol. The summed E-state index contributed by atoms with van der Waals surface area (Å²) in [5.74, 6) is 0. The molecule has 0 unspecified atom stereocenters. The Balaban J connectivity index is 1.73. The van der Waals surface area contributed by atoms with Crippen LogP contribution in [0.25, 0.3) is 5.69 Å². The van der Waals surface area contributed by atoms with Gasteiger partial charge in [-0.05, 0) is 35.4 Å². The molecule has 0 aliphatic heterocycles. The van der Waals surface area contributed by atoms with Crippen LogP contribution >= 0.6 is 11.8 Å². The van der Waals surface area contributed by atoms with Crippen molar-refractivity contribution in [1.29, 1.82) is 0 Å². The number of para-hydroxylation sites is 1. The van der Waals surface area contributed by atoms with Crippen molar-refractivity contribution in [2.24, 2.45) is 0 Å². The Morgan fingerprint density at radius 3 is 2.40 bits per heavy atom. The van der Waals surface area contributed by atoms with Gasteiger partial charge in [-0.15, -0.1) is 5.10 Å². The number of hydrogen-bond donors (Lipinski definition) is 0. The van der Waals surface area contributed by atoms with Gasteiger partial charge in [-0.3, -0.25) is 0 Å². The molecular formula is C15H20N4S. The number of aromatic nitrogens is 4. The van der Waals surface area contributed by atoms with E-state index >= 15 is 0 Å². The highest BCUT2D eigenvalue weighted by Gasteiger charge is 2.17. The van der Waals surface area contributed by atoms with Gasteiger partial charge in [0.1, 0.15) is 0 Å². The summed E-state index contributed by atoms with van der Waals surface area (Å²) in [5.41, 5.74) is 1.03. The molecule has 4 nitrogen and oxygen atoms in total. The average Bonchev–Trinajstić information content (AvgIpc) is 2.91. The van der Waals surface area contributed by atoms with E-state index in [1.165, 1.54) is 44.9 Å². The Hall–Kier alpha value is -1.36. The minimum absolute atomic E-state index is 0.656. The Labute approximate surface area is 124 Å². The molecule has 0 saturated heterocycles. The molecule has 3 rings (SSSR count). The lowest BCUT2D eigenvalue weighted by molar-refractivity contribution is 0.512. The normalized spacial score (nSPS) is 17.6. The summed E-state index contributed by atoms with van der Waals surface area (Å²) >= 11 is 1.84. The SMILES string of the molecule is c1ccc(-n2nnnc2SC2CCCCCCC2)cc1. The van der Waals surface area contributed by atoms with Crippen LogP contribution in [0, 0.1) is 0 Å². The quantitative estimate of drug-likeness (QED) is 0.860. The van der Waals surface area contributed by atoms with E-state index < -0.39 is 0 Å². The third kappa shape index (κ3) is 3.39. The van der Waals surface area contributed by atoms with E-state index in [9.17, 15) is 0 Å². The van der Waals surface area contributed by atoms with Crippen LogP contribution in [0.1, 0.15) is 44.9 Å². The lowest BCUT2D eigenvalue weighted by Gasteiger charge is -2.18. The number of thioether (sulfide) groups is 1. The van der Waals surface area contributed by atoms with Gasteiger partial charge in [0.05, 0.1) is 5.69 Å². The summed E-state index contributed by atoms with van der Waals surface area (Å²) in [7, 11) is 0. The monoisotopic (exact) mass is 288 g/mol. The highest BCUT2D eigenvalue weighted by molar-refractivity contribution is 7.99. The molecule has 1 heterocycles. The first kappa shape index (κ1) is 13.6. The van der Waals surface area contributed by atoms with Gasteiger partial charge in [-0.2, -0.15) is 4.68 Å². The molecule has 5 heteroatoms. The molecule has 0 N–H and O–H groups in total. The van der Waals surface area contributed by atoms with Crippen LogP contribution in [0.3, 0.4) is 0 Å². The number of tetrazole rings is 1. The molecule has 106 valence electrons. The molecule has 20 heavy (non-hydrogen) atoms.